The molecule has 4 heterocycles. The Balaban J connectivity index is 1.02. The fraction of sp³-hybridized carbons (Fsp3) is 0.322. The number of aromatic nitrogens is 3. The zero-order valence-corrected chi connectivity index (χ0v) is 35.0. The summed E-state index contributed by atoms with van der Waals surface area (Å²) in [5.41, 5.74) is 24.0. The third kappa shape index (κ3) is 3.79. The van der Waals surface area contributed by atoms with E-state index in [1.54, 1.807) is 11.1 Å². The van der Waals surface area contributed by atoms with Gasteiger partial charge in [0.2, 0.25) is 0 Å². The molecule has 9 aliphatic rings. The predicted molar refractivity (Wildman–Crippen MR) is 251 cm³/mol. The van der Waals surface area contributed by atoms with Crippen molar-refractivity contribution in [1.29, 1.82) is 0 Å². The highest BCUT2D eigenvalue weighted by Gasteiger charge is 2.66. The van der Waals surface area contributed by atoms with Crippen LogP contribution in [0.1, 0.15) is 110 Å². The lowest BCUT2D eigenvalue weighted by Crippen LogP contribution is -2.41. The van der Waals surface area contributed by atoms with Gasteiger partial charge in [-0.2, -0.15) is 0 Å². The standard InChI is InChI=1S/C59H47N3/c1-2-9-41-40(8-1)42-10-3-4-11-44(42)46-15-7-14-39(53(46)45-13-6-5-12-43(41)45)32-23-47-54-49(28-60-56-34-19-30-16-31(20-34)18-33(17-30)51(54)56)62-50-29-61-57-36-22-38-25-37-21-35(26-59(37,38)27-36)52(57)55(50)48(24-32)58(47)62/h1-15,23-24,28-31,33-38H,16-22,25-27H2. The molecular weight excluding hydrogens is 751 g/mol. The van der Waals surface area contributed by atoms with Crippen LogP contribution in [0.25, 0.3) is 93.7 Å². The van der Waals surface area contributed by atoms with Crippen LogP contribution < -0.4 is 0 Å². The van der Waals surface area contributed by atoms with Crippen LogP contribution in [0.5, 0.6) is 0 Å². The number of hydrogen-bond acceptors (Lipinski definition) is 2. The van der Waals surface area contributed by atoms with Crippen LogP contribution in [0.4, 0.5) is 0 Å². The quantitative estimate of drug-likeness (QED) is 0.166. The van der Waals surface area contributed by atoms with E-state index >= 15 is 0 Å². The van der Waals surface area contributed by atoms with Crippen molar-refractivity contribution >= 4 is 38.1 Å². The highest BCUT2D eigenvalue weighted by molar-refractivity contribution is 6.26. The van der Waals surface area contributed by atoms with E-state index in [1.807, 2.05) is 0 Å². The summed E-state index contributed by atoms with van der Waals surface area (Å²) in [5.74, 6) is 5.98. The molecule has 9 aromatic rings. The number of hydrogen-bond donors (Lipinski definition) is 0. The van der Waals surface area contributed by atoms with Crippen molar-refractivity contribution in [2.45, 2.75) is 87.9 Å². The molecule has 7 bridgehead atoms. The molecule has 0 N–H and O–H groups in total. The average Bonchev–Trinajstić information content (AvgIpc) is 3.95. The molecule has 9 aliphatic carbocycles. The van der Waals surface area contributed by atoms with Crippen molar-refractivity contribution in [2.75, 3.05) is 0 Å². The van der Waals surface area contributed by atoms with Crippen LogP contribution in [0, 0.1) is 29.1 Å². The Labute approximate surface area is 361 Å². The smallest absolute Gasteiger partial charge is 0.0728 e. The minimum atomic E-state index is 0.587. The minimum Gasteiger partial charge on any atom is -0.305 e. The van der Waals surface area contributed by atoms with E-state index in [4.69, 9.17) is 9.97 Å². The Bertz CT molecular complexity index is 3500. The zero-order valence-electron chi connectivity index (χ0n) is 35.0. The molecule has 4 aromatic heterocycles. The number of fused-ring (bicyclic) bond motifs is 20. The molecule has 1 spiro atoms. The van der Waals surface area contributed by atoms with Gasteiger partial charge in [-0.25, -0.2) is 0 Å². The Morgan fingerprint density at radius 2 is 0.952 bits per heavy atom. The van der Waals surface area contributed by atoms with Crippen molar-refractivity contribution < 1.29 is 0 Å². The molecule has 5 fully saturated rings. The highest BCUT2D eigenvalue weighted by Crippen LogP contribution is 2.76. The van der Waals surface area contributed by atoms with Crippen LogP contribution in [0.2, 0.25) is 0 Å². The maximum Gasteiger partial charge on any atom is 0.0728 e. The zero-order chi connectivity index (χ0) is 39.7. The van der Waals surface area contributed by atoms with E-state index < -0.39 is 0 Å². The van der Waals surface area contributed by atoms with Gasteiger partial charge in [-0.15, -0.1) is 0 Å². The van der Waals surface area contributed by atoms with E-state index in [9.17, 15) is 0 Å². The SMILES string of the molecule is c1ccc2c(c1)-c1ccccc1-c1cccc(-c3cc4c5c6c(ncc5n5c7cnc8c(c7c(c3)c45)C3CC4CC5CC8CC54C3)C3CC4CC(C3)CC6C4)c1-c1ccccc1-2. The first-order valence-electron chi connectivity index (χ1n) is 24.1. The van der Waals surface area contributed by atoms with E-state index in [2.05, 4.69) is 120 Å². The second-order valence-corrected chi connectivity index (χ2v) is 21.7. The molecule has 0 aliphatic heterocycles. The summed E-state index contributed by atoms with van der Waals surface area (Å²) in [6, 6.07) is 39.9. The highest BCUT2D eigenvalue weighted by atomic mass is 15.0. The van der Waals surface area contributed by atoms with E-state index in [1.165, 1.54) is 169 Å². The van der Waals surface area contributed by atoms with Crippen LogP contribution in [0.15, 0.2) is 116 Å². The Hall–Kier alpha value is -5.80. The fourth-order valence-corrected chi connectivity index (χ4v) is 17.3. The van der Waals surface area contributed by atoms with E-state index in [0.29, 0.717) is 29.1 Å². The normalized spacial score (nSPS) is 30.0. The van der Waals surface area contributed by atoms with Gasteiger partial charge in [-0.3, -0.25) is 9.97 Å². The van der Waals surface area contributed by atoms with Gasteiger partial charge >= 0.3 is 0 Å². The Morgan fingerprint density at radius 1 is 0.452 bits per heavy atom. The van der Waals surface area contributed by atoms with Gasteiger partial charge in [-0.05, 0) is 184 Å². The average molecular weight is 798 g/mol. The van der Waals surface area contributed by atoms with Crippen molar-refractivity contribution in [3.05, 3.63) is 138 Å². The molecular formula is C59H47N3. The van der Waals surface area contributed by atoms with E-state index in [0.717, 1.165) is 23.7 Å². The van der Waals surface area contributed by atoms with Crippen LogP contribution in [0.3, 0.4) is 0 Å². The van der Waals surface area contributed by atoms with Crippen molar-refractivity contribution in [2.24, 2.45) is 29.1 Å². The topological polar surface area (TPSA) is 30.2 Å². The second kappa shape index (κ2) is 11.0. The second-order valence-electron chi connectivity index (χ2n) is 21.7. The summed E-state index contributed by atoms with van der Waals surface area (Å²) in [7, 11) is 0. The lowest BCUT2D eigenvalue weighted by Gasteiger charge is -2.48. The number of pyridine rings is 2. The molecule has 18 rings (SSSR count). The summed E-state index contributed by atoms with van der Waals surface area (Å²) >= 11 is 0. The van der Waals surface area contributed by atoms with Crippen molar-refractivity contribution in [1.82, 2.24) is 14.4 Å². The molecule has 3 nitrogen and oxygen atoms in total. The van der Waals surface area contributed by atoms with Crippen LogP contribution in [-0.2, 0) is 0 Å². The summed E-state index contributed by atoms with van der Waals surface area (Å²) in [4.78, 5) is 11.2. The largest absolute Gasteiger partial charge is 0.305 e. The number of rotatable bonds is 1. The molecule has 7 unspecified atom stereocenters. The molecule has 0 amide bonds. The Morgan fingerprint density at radius 3 is 1.61 bits per heavy atom. The molecule has 5 saturated carbocycles. The number of nitrogens with zero attached hydrogens (tertiary/aromatic N) is 3. The monoisotopic (exact) mass is 797 g/mol. The molecule has 62 heavy (non-hydrogen) atoms. The van der Waals surface area contributed by atoms with E-state index in [-0.39, 0.29) is 0 Å². The van der Waals surface area contributed by atoms with Crippen molar-refractivity contribution in [3.8, 4) is 55.6 Å². The first-order chi connectivity index (χ1) is 30.7. The molecule has 0 radical (unpaired) electrons. The predicted octanol–water partition coefficient (Wildman–Crippen LogP) is 15.1. The molecule has 3 heteroatoms. The maximum atomic E-state index is 5.61. The molecule has 7 atom stereocenters. The maximum absolute atomic E-state index is 5.61. The molecule has 0 saturated heterocycles. The van der Waals surface area contributed by atoms with Crippen LogP contribution in [-0.4, -0.2) is 14.4 Å². The summed E-state index contributed by atoms with van der Waals surface area (Å²) in [6.45, 7) is 0. The summed E-state index contributed by atoms with van der Waals surface area (Å²) in [5, 5.41) is 5.91. The van der Waals surface area contributed by atoms with Crippen molar-refractivity contribution in [3.63, 3.8) is 0 Å². The first kappa shape index (κ1) is 32.9. The molecule has 5 aromatic carbocycles. The van der Waals surface area contributed by atoms with Gasteiger partial charge in [0.15, 0.2) is 0 Å². The fourth-order valence-electron chi connectivity index (χ4n) is 17.3. The molecule has 298 valence electrons. The van der Waals surface area contributed by atoms with Crippen LogP contribution >= 0.6 is 0 Å². The van der Waals surface area contributed by atoms with Gasteiger partial charge < -0.3 is 4.40 Å². The lowest BCUT2D eigenvalue weighted by atomic mass is 9.56. The lowest BCUT2D eigenvalue weighted by molar-refractivity contribution is 0.00321. The third-order valence-electron chi connectivity index (χ3n) is 19.2. The minimum absolute atomic E-state index is 0.587. The van der Waals surface area contributed by atoms with Gasteiger partial charge in [-0.1, -0.05) is 91.0 Å². The van der Waals surface area contributed by atoms with Gasteiger partial charge in [0.05, 0.1) is 28.9 Å². The van der Waals surface area contributed by atoms with Gasteiger partial charge in [0, 0.05) is 44.8 Å². The Kier molecular flexibility index (Phi) is 5.85. The summed E-state index contributed by atoms with van der Waals surface area (Å²) in [6.07, 6.45) is 18.3. The third-order valence-corrected chi connectivity index (χ3v) is 19.2. The van der Waals surface area contributed by atoms with Gasteiger partial charge in [0.25, 0.3) is 0 Å². The summed E-state index contributed by atoms with van der Waals surface area (Å²) < 4.78 is 2.67. The number of benzene rings is 5. The van der Waals surface area contributed by atoms with Gasteiger partial charge in [0.1, 0.15) is 0 Å². The first-order valence-corrected chi connectivity index (χ1v) is 24.1.